The molecule has 3 heteroatoms. The van der Waals surface area contributed by atoms with Gasteiger partial charge in [0.1, 0.15) is 19.3 Å². The Bertz CT molecular complexity index is 358. The first-order valence-corrected chi connectivity index (χ1v) is 4.49. The predicted molar refractivity (Wildman–Crippen MR) is 50.3 cm³/mol. The van der Waals surface area contributed by atoms with Crippen molar-refractivity contribution in [1.29, 1.82) is 0 Å². The van der Waals surface area contributed by atoms with E-state index in [0.29, 0.717) is 0 Å². The van der Waals surface area contributed by atoms with Gasteiger partial charge in [-0.1, -0.05) is 0 Å². The molecule has 0 saturated heterocycles. The van der Waals surface area contributed by atoms with Crippen LogP contribution >= 0.6 is 0 Å². The van der Waals surface area contributed by atoms with Crippen LogP contribution in [0.4, 0.5) is 0 Å². The Morgan fingerprint density at radius 1 is 1.46 bits per heavy atom. The lowest BCUT2D eigenvalue weighted by Crippen LogP contribution is -2.10. The summed E-state index contributed by atoms with van der Waals surface area (Å²) >= 11 is 0. The van der Waals surface area contributed by atoms with Gasteiger partial charge in [0.2, 0.25) is 0 Å². The summed E-state index contributed by atoms with van der Waals surface area (Å²) in [5.74, 6) is 0.241. The summed E-state index contributed by atoms with van der Waals surface area (Å²) in [5.41, 5.74) is 2.32. The van der Waals surface area contributed by atoms with Crippen LogP contribution in [0.3, 0.4) is 0 Å². The number of hydrogen-bond acceptors (Lipinski definition) is 2. The quantitative estimate of drug-likeness (QED) is 0.650. The molecule has 0 atom stereocenters. The molecule has 0 amide bonds. The summed E-state index contributed by atoms with van der Waals surface area (Å²) in [6.45, 7) is 1.10. The molecule has 2 rings (SSSR count). The van der Waals surface area contributed by atoms with E-state index in [0.717, 1.165) is 18.5 Å². The third-order valence-electron chi connectivity index (χ3n) is 2.42. The number of aromatic hydroxyl groups is 1. The molecule has 1 aliphatic rings. The molecule has 68 valence electrons. The predicted octanol–water partition coefficient (Wildman–Crippen LogP) is 1.01. The summed E-state index contributed by atoms with van der Waals surface area (Å²) in [6.07, 6.45) is 5.54. The molecule has 0 radical (unpaired) electrons. The van der Waals surface area contributed by atoms with Crippen molar-refractivity contribution >= 4 is 5.71 Å². The number of rotatable bonds is 1. The SMILES string of the molecule is C[N+]1=C(c2cncc(O)c2)CCC1. The molecule has 0 fully saturated rings. The van der Waals surface area contributed by atoms with E-state index in [1.165, 1.54) is 18.3 Å². The van der Waals surface area contributed by atoms with Crippen LogP contribution in [0.5, 0.6) is 5.75 Å². The second-order valence-electron chi connectivity index (χ2n) is 3.40. The van der Waals surface area contributed by atoms with Crippen molar-refractivity contribution in [1.82, 2.24) is 4.98 Å². The minimum absolute atomic E-state index is 0.241. The number of hydrogen-bond donors (Lipinski definition) is 1. The van der Waals surface area contributed by atoms with Gasteiger partial charge in [-0.15, -0.1) is 0 Å². The van der Waals surface area contributed by atoms with Gasteiger partial charge in [-0.25, -0.2) is 4.58 Å². The van der Waals surface area contributed by atoms with E-state index in [9.17, 15) is 5.11 Å². The lowest BCUT2D eigenvalue weighted by Gasteiger charge is -1.97. The average molecular weight is 177 g/mol. The molecule has 0 spiro atoms. The van der Waals surface area contributed by atoms with E-state index in [1.807, 2.05) is 0 Å². The monoisotopic (exact) mass is 177 g/mol. The Kier molecular flexibility index (Phi) is 2.00. The highest BCUT2D eigenvalue weighted by molar-refractivity contribution is 5.97. The fourth-order valence-electron chi connectivity index (χ4n) is 1.76. The molecule has 0 unspecified atom stereocenters. The van der Waals surface area contributed by atoms with Crippen LogP contribution in [0, 0.1) is 0 Å². The van der Waals surface area contributed by atoms with Gasteiger partial charge in [0.05, 0.1) is 11.8 Å². The molecule has 0 aromatic carbocycles. The van der Waals surface area contributed by atoms with Crippen LogP contribution in [0.2, 0.25) is 0 Å². The first-order chi connectivity index (χ1) is 6.27. The van der Waals surface area contributed by atoms with Crippen LogP contribution in [-0.2, 0) is 0 Å². The third kappa shape index (κ3) is 1.54. The van der Waals surface area contributed by atoms with Crippen molar-refractivity contribution in [3.8, 4) is 5.75 Å². The lowest BCUT2D eigenvalue weighted by atomic mass is 10.1. The van der Waals surface area contributed by atoms with Crippen LogP contribution in [0.15, 0.2) is 18.5 Å². The molecule has 13 heavy (non-hydrogen) atoms. The highest BCUT2D eigenvalue weighted by Gasteiger charge is 2.20. The molecule has 1 aliphatic heterocycles. The molecule has 3 nitrogen and oxygen atoms in total. The van der Waals surface area contributed by atoms with Gasteiger partial charge in [0.25, 0.3) is 0 Å². The zero-order valence-electron chi connectivity index (χ0n) is 7.70. The molecule has 1 N–H and O–H groups in total. The molecule has 0 saturated carbocycles. The Balaban J connectivity index is 2.40. The summed E-state index contributed by atoms with van der Waals surface area (Å²) < 4.78 is 2.22. The zero-order valence-corrected chi connectivity index (χ0v) is 7.70. The van der Waals surface area contributed by atoms with Gasteiger partial charge < -0.3 is 5.11 Å². The van der Waals surface area contributed by atoms with Gasteiger partial charge in [-0.2, -0.15) is 0 Å². The minimum Gasteiger partial charge on any atom is -0.506 e. The smallest absolute Gasteiger partial charge is 0.185 e. The number of nitrogens with zero attached hydrogens (tertiary/aromatic N) is 2. The van der Waals surface area contributed by atoms with E-state index in [1.54, 1.807) is 12.3 Å². The fourth-order valence-corrected chi connectivity index (χ4v) is 1.76. The van der Waals surface area contributed by atoms with Crippen molar-refractivity contribution in [3.05, 3.63) is 24.0 Å². The first-order valence-electron chi connectivity index (χ1n) is 4.49. The largest absolute Gasteiger partial charge is 0.506 e. The van der Waals surface area contributed by atoms with E-state index in [2.05, 4.69) is 16.6 Å². The summed E-state index contributed by atoms with van der Waals surface area (Å²) in [6, 6.07) is 1.77. The standard InChI is InChI=1S/C10H12N2O/c1-12-4-2-3-10(12)8-5-9(13)7-11-6-8/h5-7H,2-4H2,1H3/p+1. The second kappa shape index (κ2) is 3.17. The third-order valence-corrected chi connectivity index (χ3v) is 2.42. The molecule has 0 bridgehead atoms. The molecule has 1 aromatic heterocycles. The molecule has 0 aliphatic carbocycles. The van der Waals surface area contributed by atoms with E-state index in [-0.39, 0.29) is 5.75 Å². The molecular formula is C10H13N2O+. The van der Waals surface area contributed by atoms with Gasteiger partial charge >= 0.3 is 0 Å². The molecule has 2 heterocycles. The van der Waals surface area contributed by atoms with Crippen molar-refractivity contribution in [2.24, 2.45) is 0 Å². The van der Waals surface area contributed by atoms with Gasteiger partial charge in [-0.3, -0.25) is 4.98 Å². The fraction of sp³-hybridized carbons (Fsp3) is 0.400. The maximum Gasteiger partial charge on any atom is 0.185 e. The maximum absolute atomic E-state index is 9.27. The topological polar surface area (TPSA) is 36.1 Å². The average Bonchev–Trinajstić information content (AvgIpc) is 2.51. The zero-order chi connectivity index (χ0) is 9.26. The first kappa shape index (κ1) is 8.23. The molecular weight excluding hydrogens is 164 g/mol. The Morgan fingerprint density at radius 3 is 2.92 bits per heavy atom. The summed E-state index contributed by atoms with van der Waals surface area (Å²) in [4.78, 5) is 3.97. The Labute approximate surface area is 77.4 Å². The van der Waals surface area contributed by atoms with Crippen molar-refractivity contribution < 1.29 is 9.68 Å². The van der Waals surface area contributed by atoms with Crippen molar-refractivity contribution in [2.45, 2.75) is 12.8 Å². The van der Waals surface area contributed by atoms with Crippen LogP contribution < -0.4 is 0 Å². The van der Waals surface area contributed by atoms with Gasteiger partial charge in [0, 0.05) is 19.0 Å². The van der Waals surface area contributed by atoms with Crippen molar-refractivity contribution in [2.75, 3.05) is 13.6 Å². The van der Waals surface area contributed by atoms with Crippen LogP contribution in [0.25, 0.3) is 0 Å². The normalized spacial score (nSPS) is 16.7. The molecule has 1 aromatic rings. The van der Waals surface area contributed by atoms with E-state index >= 15 is 0 Å². The lowest BCUT2D eigenvalue weighted by molar-refractivity contribution is -0.488. The Hall–Kier alpha value is -1.38. The van der Waals surface area contributed by atoms with Gasteiger partial charge in [0.15, 0.2) is 5.71 Å². The van der Waals surface area contributed by atoms with E-state index < -0.39 is 0 Å². The minimum atomic E-state index is 0.241. The number of aromatic nitrogens is 1. The van der Waals surface area contributed by atoms with Gasteiger partial charge in [-0.05, 0) is 6.07 Å². The summed E-state index contributed by atoms with van der Waals surface area (Å²) in [7, 11) is 2.08. The van der Waals surface area contributed by atoms with E-state index in [4.69, 9.17) is 0 Å². The van der Waals surface area contributed by atoms with Crippen LogP contribution in [0.1, 0.15) is 18.4 Å². The second-order valence-corrected chi connectivity index (χ2v) is 3.40. The Morgan fingerprint density at radius 2 is 2.31 bits per heavy atom. The summed E-state index contributed by atoms with van der Waals surface area (Å²) in [5, 5.41) is 9.27. The highest BCUT2D eigenvalue weighted by atomic mass is 16.3. The van der Waals surface area contributed by atoms with Crippen LogP contribution in [-0.4, -0.2) is 34.0 Å². The number of pyridine rings is 1. The van der Waals surface area contributed by atoms with Crippen molar-refractivity contribution in [3.63, 3.8) is 0 Å². The highest BCUT2D eigenvalue weighted by Crippen LogP contribution is 2.15. The maximum atomic E-state index is 9.27.